The summed E-state index contributed by atoms with van der Waals surface area (Å²) in [6.45, 7) is 0. The maximum Gasteiger partial charge on any atom is 0.417 e. The predicted octanol–water partition coefficient (Wildman–Crippen LogP) is 4.69. The number of ether oxygens (including phenoxy) is 1. The standard InChI is InChI=1S/C23H23F3N2O3/c1-31-19-10-6-15(7-11-19)13-22(30,17-4-2-3-5-17)21(29)28-18-9-8-16(14-27)20(12-18)23(24,25)26/h6-12,17,30H,2-5,13H2,1H3,(H,28,29). The van der Waals surface area contributed by atoms with Gasteiger partial charge in [0.1, 0.15) is 11.4 Å². The number of alkyl halides is 3. The van der Waals surface area contributed by atoms with Crippen molar-refractivity contribution >= 4 is 11.6 Å². The summed E-state index contributed by atoms with van der Waals surface area (Å²) in [5.74, 6) is -0.432. The predicted molar refractivity (Wildman–Crippen MR) is 108 cm³/mol. The Balaban J connectivity index is 1.89. The lowest BCUT2D eigenvalue weighted by Crippen LogP contribution is -2.50. The van der Waals surface area contributed by atoms with Crippen LogP contribution in [0.15, 0.2) is 42.5 Å². The molecule has 1 unspecified atom stereocenters. The van der Waals surface area contributed by atoms with Crippen molar-refractivity contribution in [3.8, 4) is 11.8 Å². The molecule has 1 atom stereocenters. The molecule has 2 aromatic rings. The van der Waals surface area contributed by atoms with Crippen molar-refractivity contribution in [2.24, 2.45) is 5.92 Å². The van der Waals surface area contributed by atoms with Crippen LogP contribution in [0.25, 0.3) is 0 Å². The number of hydrogen-bond acceptors (Lipinski definition) is 4. The minimum atomic E-state index is -4.74. The second-order valence-corrected chi connectivity index (χ2v) is 7.75. The normalized spacial score (nSPS) is 16.4. The molecule has 0 aromatic heterocycles. The van der Waals surface area contributed by atoms with Gasteiger partial charge in [-0.3, -0.25) is 4.79 Å². The molecule has 1 saturated carbocycles. The van der Waals surface area contributed by atoms with Crippen LogP contribution in [0.4, 0.5) is 18.9 Å². The number of nitrogens with zero attached hydrogens (tertiary/aromatic N) is 1. The monoisotopic (exact) mass is 432 g/mol. The highest BCUT2D eigenvalue weighted by atomic mass is 19.4. The van der Waals surface area contributed by atoms with E-state index in [0.29, 0.717) is 24.2 Å². The van der Waals surface area contributed by atoms with E-state index in [4.69, 9.17) is 10.00 Å². The number of carbonyl (C=O) groups is 1. The number of aliphatic hydroxyl groups is 1. The molecule has 1 amide bonds. The van der Waals surface area contributed by atoms with E-state index < -0.39 is 28.8 Å². The fourth-order valence-corrected chi connectivity index (χ4v) is 4.06. The zero-order valence-corrected chi connectivity index (χ0v) is 17.0. The minimum absolute atomic E-state index is 0.0237. The molecule has 164 valence electrons. The van der Waals surface area contributed by atoms with Crippen molar-refractivity contribution in [1.29, 1.82) is 5.26 Å². The quantitative estimate of drug-likeness (QED) is 0.694. The average molecular weight is 432 g/mol. The van der Waals surface area contributed by atoms with E-state index in [0.717, 1.165) is 25.0 Å². The Bertz CT molecular complexity index is 977. The molecule has 0 spiro atoms. The van der Waals surface area contributed by atoms with Crippen LogP contribution >= 0.6 is 0 Å². The van der Waals surface area contributed by atoms with Gasteiger partial charge in [0.2, 0.25) is 0 Å². The van der Waals surface area contributed by atoms with Crippen LogP contribution in [-0.2, 0) is 17.4 Å². The van der Waals surface area contributed by atoms with Gasteiger partial charge >= 0.3 is 6.18 Å². The first-order chi connectivity index (χ1) is 14.7. The van der Waals surface area contributed by atoms with Gasteiger partial charge in [-0.1, -0.05) is 25.0 Å². The Morgan fingerprint density at radius 2 is 1.84 bits per heavy atom. The molecule has 0 bridgehead atoms. The second-order valence-electron chi connectivity index (χ2n) is 7.75. The third-order valence-electron chi connectivity index (χ3n) is 5.76. The first-order valence-electron chi connectivity index (χ1n) is 9.95. The van der Waals surface area contributed by atoms with E-state index >= 15 is 0 Å². The number of carbonyl (C=O) groups excluding carboxylic acids is 1. The van der Waals surface area contributed by atoms with Crippen molar-refractivity contribution in [3.63, 3.8) is 0 Å². The average Bonchev–Trinajstić information content (AvgIpc) is 3.29. The molecule has 0 saturated heterocycles. The number of methoxy groups -OCH3 is 1. The summed E-state index contributed by atoms with van der Waals surface area (Å²) in [7, 11) is 1.53. The molecular formula is C23H23F3N2O3. The summed E-state index contributed by atoms with van der Waals surface area (Å²) < 4.78 is 44.9. The van der Waals surface area contributed by atoms with Gasteiger partial charge < -0.3 is 15.2 Å². The Hall–Kier alpha value is -3.05. The van der Waals surface area contributed by atoms with Gasteiger partial charge in [0.15, 0.2) is 0 Å². The summed E-state index contributed by atoms with van der Waals surface area (Å²) in [5.41, 5.74) is -2.86. The Morgan fingerprint density at radius 1 is 1.19 bits per heavy atom. The highest BCUT2D eigenvalue weighted by Crippen LogP contribution is 2.38. The van der Waals surface area contributed by atoms with Crippen LogP contribution < -0.4 is 10.1 Å². The lowest BCUT2D eigenvalue weighted by molar-refractivity contribution is -0.140. The number of nitriles is 1. The van der Waals surface area contributed by atoms with Crippen molar-refractivity contribution in [2.75, 3.05) is 12.4 Å². The lowest BCUT2D eigenvalue weighted by Gasteiger charge is -2.33. The van der Waals surface area contributed by atoms with Crippen molar-refractivity contribution in [3.05, 3.63) is 59.2 Å². The number of halogens is 3. The van der Waals surface area contributed by atoms with E-state index in [1.165, 1.54) is 19.2 Å². The number of rotatable bonds is 6. The second kappa shape index (κ2) is 8.98. The molecule has 0 heterocycles. The largest absolute Gasteiger partial charge is 0.497 e. The highest BCUT2D eigenvalue weighted by Gasteiger charge is 2.45. The van der Waals surface area contributed by atoms with Gasteiger partial charge in [-0.05, 0) is 54.7 Å². The first-order valence-corrected chi connectivity index (χ1v) is 9.95. The number of nitrogens with one attached hydrogen (secondary N) is 1. The topological polar surface area (TPSA) is 82.3 Å². The van der Waals surface area contributed by atoms with Crippen molar-refractivity contribution < 1.29 is 27.8 Å². The maximum absolute atomic E-state index is 13.3. The smallest absolute Gasteiger partial charge is 0.417 e. The molecule has 8 heteroatoms. The number of hydrogen-bond donors (Lipinski definition) is 2. The zero-order valence-electron chi connectivity index (χ0n) is 17.0. The molecular weight excluding hydrogens is 409 g/mol. The van der Waals surface area contributed by atoms with Crippen LogP contribution in [0.2, 0.25) is 0 Å². The highest BCUT2D eigenvalue weighted by molar-refractivity contribution is 5.97. The molecule has 1 aliphatic rings. The number of amides is 1. The van der Waals surface area contributed by atoms with Crippen LogP contribution in [0.5, 0.6) is 5.75 Å². The Kier molecular flexibility index (Phi) is 6.56. The number of benzene rings is 2. The molecule has 0 aliphatic heterocycles. The molecule has 1 aliphatic carbocycles. The summed E-state index contributed by atoms with van der Waals surface area (Å²) >= 11 is 0. The molecule has 31 heavy (non-hydrogen) atoms. The zero-order chi connectivity index (χ0) is 22.6. The Labute approximate surface area is 178 Å². The van der Waals surface area contributed by atoms with Gasteiger partial charge in [0.25, 0.3) is 5.91 Å². The number of anilines is 1. The van der Waals surface area contributed by atoms with Gasteiger partial charge in [0.05, 0.1) is 24.3 Å². The fraction of sp³-hybridized carbons (Fsp3) is 0.391. The summed E-state index contributed by atoms with van der Waals surface area (Å²) in [5, 5.41) is 22.8. The third-order valence-corrected chi connectivity index (χ3v) is 5.76. The van der Waals surface area contributed by atoms with Gasteiger partial charge in [0, 0.05) is 12.1 Å². The van der Waals surface area contributed by atoms with E-state index in [1.54, 1.807) is 24.3 Å². The van der Waals surface area contributed by atoms with Crippen molar-refractivity contribution in [2.45, 2.75) is 43.9 Å². The summed E-state index contributed by atoms with van der Waals surface area (Å²) in [6, 6.07) is 11.4. The molecule has 0 radical (unpaired) electrons. The van der Waals surface area contributed by atoms with E-state index in [2.05, 4.69) is 5.32 Å². The van der Waals surface area contributed by atoms with Crippen LogP contribution in [0, 0.1) is 17.2 Å². The van der Waals surface area contributed by atoms with E-state index in [-0.39, 0.29) is 18.0 Å². The molecule has 2 aromatic carbocycles. The summed E-state index contributed by atoms with van der Waals surface area (Å²) in [4.78, 5) is 13.1. The van der Waals surface area contributed by atoms with E-state index in [1.807, 2.05) is 0 Å². The minimum Gasteiger partial charge on any atom is -0.497 e. The molecule has 1 fully saturated rings. The first kappa shape index (κ1) is 22.6. The van der Waals surface area contributed by atoms with Gasteiger partial charge in [-0.25, -0.2) is 0 Å². The van der Waals surface area contributed by atoms with Crippen LogP contribution in [0.1, 0.15) is 42.4 Å². The van der Waals surface area contributed by atoms with Gasteiger partial charge in [-0.2, -0.15) is 18.4 Å². The van der Waals surface area contributed by atoms with E-state index in [9.17, 15) is 23.1 Å². The summed E-state index contributed by atoms with van der Waals surface area (Å²) in [6.07, 6.45) is -1.66. The van der Waals surface area contributed by atoms with Crippen LogP contribution in [-0.4, -0.2) is 23.7 Å². The molecule has 2 N–H and O–H groups in total. The van der Waals surface area contributed by atoms with Gasteiger partial charge in [-0.15, -0.1) is 0 Å². The fourth-order valence-electron chi connectivity index (χ4n) is 4.06. The lowest BCUT2D eigenvalue weighted by atomic mass is 9.80. The molecule has 5 nitrogen and oxygen atoms in total. The van der Waals surface area contributed by atoms with Crippen molar-refractivity contribution in [1.82, 2.24) is 0 Å². The molecule has 3 rings (SSSR count). The SMILES string of the molecule is COc1ccc(CC(O)(C(=O)Nc2ccc(C#N)c(C(F)(F)F)c2)C2CCCC2)cc1. The maximum atomic E-state index is 13.3. The third kappa shape index (κ3) is 5.00. The Morgan fingerprint density at radius 3 is 2.39 bits per heavy atom. The van der Waals surface area contributed by atoms with Crippen LogP contribution in [0.3, 0.4) is 0 Å².